The van der Waals surface area contributed by atoms with Crippen molar-refractivity contribution in [3.63, 3.8) is 0 Å². The summed E-state index contributed by atoms with van der Waals surface area (Å²) in [4.78, 5) is 11.4. The van der Waals surface area contributed by atoms with Gasteiger partial charge in [0.05, 0.1) is 11.7 Å². The molecule has 1 aromatic carbocycles. The van der Waals surface area contributed by atoms with E-state index in [4.69, 9.17) is 14.8 Å². The third kappa shape index (κ3) is 3.05. The fourth-order valence-corrected chi connectivity index (χ4v) is 1.15. The lowest BCUT2D eigenvalue weighted by Crippen LogP contribution is -2.33. The maximum Gasteiger partial charge on any atom is 0.491 e. The second kappa shape index (κ2) is 5.09. The Morgan fingerprint density at radius 1 is 1.44 bits per heavy atom. The largest absolute Gasteiger partial charge is 0.491 e. The van der Waals surface area contributed by atoms with E-state index in [1.807, 2.05) is 0 Å². The van der Waals surface area contributed by atoms with Gasteiger partial charge in [0.2, 0.25) is 0 Å². The lowest BCUT2D eigenvalue weighted by atomic mass is 9.79. The molecule has 2 N–H and O–H groups in total. The number of hydrogen-bond acceptors (Lipinski definition) is 4. The van der Waals surface area contributed by atoms with Crippen LogP contribution >= 0.6 is 0 Å². The molecule has 0 amide bonds. The maximum absolute atomic E-state index is 13.3. The van der Waals surface area contributed by atoms with Crippen LogP contribution in [0.5, 0.6) is 0 Å². The van der Waals surface area contributed by atoms with Crippen LogP contribution in [-0.4, -0.2) is 29.2 Å². The molecule has 0 radical (unpaired) electrons. The molecule has 0 heterocycles. The van der Waals surface area contributed by atoms with Crippen molar-refractivity contribution in [1.82, 2.24) is 0 Å². The Morgan fingerprint density at radius 3 is 2.50 bits per heavy atom. The molecule has 0 aliphatic heterocycles. The number of ether oxygens (including phenoxy) is 1. The molecule has 0 bridgehead atoms. The summed E-state index contributed by atoms with van der Waals surface area (Å²) >= 11 is 0. The van der Waals surface area contributed by atoms with Crippen LogP contribution in [0.2, 0.25) is 0 Å². The van der Waals surface area contributed by atoms with Crippen molar-refractivity contribution in [3.8, 4) is 0 Å². The van der Waals surface area contributed by atoms with E-state index in [9.17, 15) is 9.18 Å². The van der Waals surface area contributed by atoms with Gasteiger partial charge in [-0.05, 0) is 26.0 Å². The molecule has 0 fully saturated rings. The lowest BCUT2D eigenvalue weighted by Gasteiger charge is -2.08. The number of halogens is 1. The van der Waals surface area contributed by atoms with E-state index in [-0.39, 0.29) is 17.1 Å². The highest BCUT2D eigenvalue weighted by Crippen LogP contribution is 2.06. The van der Waals surface area contributed by atoms with Crippen LogP contribution in [0.4, 0.5) is 4.39 Å². The average Bonchev–Trinajstić information content (AvgIpc) is 2.15. The van der Waals surface area contributed by atoms with Crippen molar-refractivity contribution < 1.29 is 24.0 Å². The molecule has 0 aromatic heterocycles. The second-order valence-electron chi connectivity index (χ2n) is 3.56. The minimum Gasteiger partial charge on any atom is -0.459 e. The molecule has 0 aliphatic rings. The van der Waals surface area contributed by atoms with E-state index in [1.54, 1.807) is 13.8 Å². The summed E-state index contributed by atoms with van der Waals surface area (Å²) in [6.45, 7) is 3.36. The Hall–Kier alpha value is -1.40. The van der Waals surface area contributed by atoms with Crippen LogP contribution in [0.25, 0.3) is 0 Å². The smallest absolute Gasteiger partial charge is 0.459 e. The molecule has 0 saturated heterocycles. The summed E-state index contributed by atoms with van der Waals surface area (Å²) in [5.41, 5.74) is -0.239. The zero-order chi connectivity index (χ0) is 12.3. The molecule has 0 atom stereocenters. The Labute approximate surface area is 92.8 Å². The highest BCUT2D eigenvalue weighted by molar-refractivity contribution is 6.58. The van der Waals surface area contributed by atoms with Crippen molar-refractivity contribution in [2.45, 2.75) is 20.0 Å². The summed E-state index contributed by atoms with van der Waals surface area (Å²) in [6, 6.07) is 3.33. The first-order valence-corrected chi connectivity index (χ1v) is 4.78. The minimum absolute atomic E-state index is 0.0376. The first-order valence-electron chi connectivity index (χ1n) is 4.78. The molecule has 1 aromatic rings. The normalized spacial score (nSPS) is 10.4. The molecular weight excluding hydrogens is 214 g/mol. The van der Waals surface area contributed by atoms with Gasteiger partial charge < -0.3 is 14.8 Å². The molecular formula is C10H12BFO4. The van der Waals surface area contributed by atoms with Crippen molar-refractivity contribution >= 4 is 18.6 Å². The van der Waals surface area contributed by atoms with Crippen molar-refractivity contribution in [3.05, 3.63) is 29.6 Å². The van der Waals surface area contributed by atoms with Crippen LogP contribution < -0.4 is 5.46 Å². The molecule has 6 heteroatoms. The van der Waals surface area contributed by atoms with Crippen molar-refractivity contribution in [1.29, 1.82) is 0 Å². The van der Waals surface area contributed by atoms with Crippen molar-refractivity contribution in [2.75, 3.05) is 0 Å². The summed E-state index contributed by atoms with van der Waals surface area (Å²) in [5, 5.41) is 17.6. The first-order chi connectivity index (χ1) is 7.41. The number of benzene rings is 1. The fourth-order valence-electron chi connectivity index (χ4n) is 1.15. The summed E-state index contributed by atoms with van der Waals surface area (Å²) < 4.78 is 18.1. The van der Waals surface area contributed by atoms with Crippen molar-refractivity contribution in [2.24, 2.45) is 0 Å². The average molecular weight is 226 g/mol. The Balaban J connectivity index is 2.93. The van der Waals surface area contributed by atoms with E-state index in [0.29, 0.717) is 0 Å². The van der Waals surface area contributed by atoms with Gasteiger partial charge in [0.25, 0.3) is 0 Å². The van der Waals surface area contributed by atoms with Crippen LogP contribution in [-0.2, 0) is 4.74 Å². The summed E-state index contributed by atoms with van der Waals surface area (Å²) in [6.07, 6.45) is -0.293. The van der Waals surface area contributed by atoms with Gasteiger partial charge in [-0.3, -0.25) is 0 Å². The van der Waals surface area contributed by atoms with Gasteiger partial charge in [-0.25, -0.2) is 9.18 Å². The number of hydrogen-bond donors (Lipinski definition) is 2. The monoisotopic (exact) mass is 226 g/mol. The molecule has 0 saturated carbocycles. The standard InChI is InChI=1S/C10H12BFO4/c1-6(2)16-10(13)7-3-4-8(11(14)15)9(12)5-7/h3-6,14-15H,1-2H3. The molecule has 0 aliphatic carbocycles. The van der Waals surface area contributed by atoms with E-state index in [1.165, 1.54) is 6.07 Å². The predicted octanol–water partition coefficient (Wildman–Crippen LogP) is 0.0707. The van der Waals surface area contributed by atoms with Gasteiger partial charge in [0, 0.05) is 5.46 Å². The lowest BCUT2D eigenvalue weighted by molar-refractivity contribution is 0.0377. The van der Waals surface area contributed by atoms with Crippen LogP contribution in [0.3, 0.4) is 0 Å². The van der Waals surface area contributed by atoms with Gasteiger partial charge in [0.1, 0.15) is 5.82 Å². The fraction of sp³-hybridized carbons (Fsp3) is 0.300. The number of rotatable bonds is 3. The van der Waals surface area contributed by atoms with Crippen LogP contribution in [0, 0.1) is 5.82 Å². The minimum atomic E-state index is -1.89. The zero-order valence-electron chi connectivity index (χ0n) is 8.98. The van der Waals surface area contributed by atoms with Crippen LogP contribution in [0.15, 0.2) is 18.2 Å². The predicted molar refractivity (Wildman–Crippen MR) is 56.8 cm³/mol. The molecule has 0 spiro atoms. The summed E-state index contributed by atoms with van der Waals surface area (Å²) in [7, 11) is -1.89. The van der Waals surface area contributed by atoms with Gasteiger partial charge in [0.15, 0.2) is 0 Å². The maximum atomic E-state index is 13.3. The van der Waals surface area contributed by atoms with E-state index in [0.717, 1.165) is 12.1 Å². The molecule has 16 heavy (non-hydrogen) atoms. The third-order valence-corrected chi connectivity index (χ3v) is 1.86. The van der Waals surface area contributed by atoms with Crippen LogP contribution in [0.1, 0.15) is 24.2 Å². The highest BCUT2D eigenvalue weighted by Gasteiger charge is 2.18. The van der Waals surface area contributed by atoms with E-state index in [2.05, 4.69) is 0 Å². The second-order valence-corrected chi connectivity index (χ2v) is 3.56. The van der Waals surface area contributed by atoms with E-state index < -0.39 is 18.9 Å². The quantitative estimate of drug-likeness (QED) is 0.565. The molecule has 4 nitrogen and oxygen atoms in total. The highest BCUT2D eigenvalue weighted by atomic mass is 19.1. The molecule has 86 valence electrons. The number of esters is 1. The Morgan fingerprint density at radius 2 is 2.06 bits per heavy atom. The van der Waals surface area contributed by atoms with E-state index >= 15 is 0 Å². The SMILES string of the molecule is CC(C)OC(=O)c1ccc(B(O)O)c(F)c1. The number of carbonyl (C=O) groups excluding carboxylic acids is 1. The molecule has 0 unspecified atom stereocenters. The third-order valence-electron chi connectivity index (χ3n) is 1.86. The van der Waals surface area contributed by atoms with Gasteiger partial charge in [-0.2, -0.15) is 0 Å². The number of carbonyl (C=O) groups is 1. The molecule has 1 rings (SSSR count). The first kappa shape index (κ1) is 12.7. The summed E-state index contributed by atoms with van der Waals surface area (Å²) in [5.74, 6) is -1.50. The van der Waals surface area contributed by atoms with Gasteiger partial charge >= 0.3 is 13.1 Å². The topological polar surface area (TPSA) is 66.8 Å². The Bertz CT molecular complexity index is 392. The van der Waals surface area contributed by atoms with Gasteiger partial charge in [-0.1, -0.05) is 6.07 Å². The van der Waals surface area contributed by atoms with Gasteiger partial charge in [-0.15, -0.1) is 0 Å². The zero-order valence-corrected chi connectivity index (χ0v) is 8.98. The Kier molecular flexibility index (Phi) is 4.03.